The van der Waals surface area contributed by atoms with Crippen LogP contribution in [0.1, 0.15) is 12.8 Å². The van der Waals surface area contributed by atoms with Gasteiger partial charge in [-0.25, -0.2) is 4.79 Å². The van der Waals surface area contributed by atoms with Gasteiger partial charge < -0.3 is 25.1 Å². The van der Waals surface area contributed by atoms with Gasteiger partial charge >= 0.3 is 12.0 Å². The molecule has 7 heteroatoms. The minimum absolute atomic E-state index is 0.250. The first-order valence-corrected chi connectivity index (χ1v) is 7.70. The van der Waals surface area contributed by atoms with Crippen molar-refractivity contribution in [3.05, 3.63) is 0 Å². The Labute approximate surface area is 125 Å². The summed E-state index contributed by atoms with van der Waals surface area (Å²) in [5, 5.41) is 11.1. The number of aliphatic carboxylic acids is 1. The van der Waals surface area contributed by atoms with Crippen molar-refractivity contribution in [2.75, 3.05) is 59.4 Å². The molecular formula is C14H26N4O3. The topological polar surface area (TPSA) is 76.1 Å². The van der Waals surface area contributed by atoms with Crippen molar-refractivity contribution >= 4 is 12.0 Å². The molecule has 0 aromatic carbocycles. The molecule has 2 aliphatic rings. The number of carbonyl (C=O) groups is 2. The number of nitrogens with one attached hydrogen (secondary N) is 1. The second-order valence-electron chi connectivity index (χ2n) is 6.11. The summed E-state index contributed by atoms with van der Waals surface area (Å²) in [7, 11) is 2.15. The molecule has 0 saturated carbocycles. The third-order valence-electron chi connectivity index (χ3n) is 4.31. The summed E-state index contributed by atoms with van der Waals surface area (Å²) >= 11 is 0. The summed E-state index contributed by atoms with van der Waals surface area (Å²) in [6, 6.07) is -0.250. The van der Waals surface area contributed by atoms with Crippen molar-refractivity contribution in [3.63, 3.8) is 0 Å². The number of nitrogens with zero attached hydrogens (tertiary/aromatic N) is 3. The van der Waals surface area contributed by atoms with E-state index in [1.54, 1.807) is 4.90 Å². The monoisotopic (exact) mass is 298 g/mol. The van der Waals surface area contributed by atoms with E-state index in [1.807, 2.05) is 0 Å². The highest BCUT2D eigenvalue weighted by Crippen LogP contribution is 2.18. The van der Waals surface area contributed by atoms with E-state index in [0.29, 0.717) is 5.92 Å². The number of piperidine rings is 1. The van der Waals surface area contributed by atoms with Crippen LogP contribution in [-0.4, -0.2) is 91.2 Å². The number of amides is 2. The number of carboxylic acid groups (broad SMARTS) is 1. The van der Waals surface area contributed by atoms with Gasteiger partial charge in [0.25, 0.3) is 0 Å². The minimum atomic E-state index is -1.01. The molecule has 0 spiro atoms. The molecule has 7 nitrogen and oxygen atoms in total. The van der Waals surface area contributed by atoms with Crippen LogP contribution in [0.5, 0.6) is 0 Å². The predicted molar refractivity (Wildman–Crippen MR) is 79.3 cm³/mol. The van der Waals surface area contributed by atoms with Crippen molar-refractivity contribution in [1.29, 1.82) is 0 Å². The van der Waals surface area contributed by atoms with Gasteiger partial charge in [0.15, 0.2) is 0 Å². The normalized spacial score (nSPS) is 24.8. The van der Waals surface area contributed by atoms with E-state index in [0.717, 1.165) is 58.7 Å². The number of likely N-dealkylation sites (N-methyl/N-ethyl adjacent to an activating group) is 1. The molecule has 0 radical (unpaired) electrons. The molecule has 2 aliphatic heterocycles. The number of hydrogen-bond acceptors (Lipinski definition) is 4. The van der Waals surface area contributed by atoms with Gasteiger partial charge in [0.2, 0.25) is 0 Å². The zero-order valence-corrected chi connectivity index (χ0v) is 12.8. The second kappa shape index (κ2) is 7.61. The number of hydrogen-bond donors (Lipinski definition) is 2. The van der Waals surface area contributed by atoms with Crippen LogP contribution in [0.4, 0.5) is 4.79 Å². The zero-order valence-electron chi connectivity index (χ0n) is 12.8. The molecule has 2 rings (SSSR count). The zero-order chi connectivity index (χ0) is 15.2. The lowest BCUT2D eigenvalue weighted by atomic mass is 9.97. The van der Waals surface area contributed by atoms with Crippen LogP contribution in [0.25, 0.3) is 0 Å². The Morgan fingerprint density at radius 1 is 1.19 bits per heavy atom. The van der Waals surface area contributed by atoms with Crippen molar-refractivity contribution in [2.45, 2.75) is 12.8 Å². The highest BCUT2D eigenvalue weighted by atomic mass is 16.4. The maximum absolute atomic E-state index is 11.9. The van der Waals surface area contributed by atoms with Crippen LogP contribution in [0.2, 0.25) is 0 Å². The van der Waals surface area contributed by atoms with Crippen LogP contribution in [0, 0.1) is 5.92 Å². The average molecular weight is 298 g/mol. The Morgan fingerprint density at radius 3 is 2.57 bits per heavy atom. The van der Waals surface area contributed by atoms with E-state index in [4.69, 9.17) is 5.11 Å². The Morgan fingerprint density at radius 2 is 1.90 bits per heavy atom. The molecule has 0 bridgehead atoms. The fourth-order valence-electron chi connectivity index (χ4n) is 3.06. The Kier molecular flexibility index (Phi) is 5.81. The highest BCUT2D eigenvalue weighted by Gasteiger charge is 2.26. The average Bonchev–Trinajstić information content (AvgIpc) is 2.47. The first-order valence-electron chi connectivity index (χ1n) is 7.70. The summed E-state index contributed by atoms with van der Waals surface area (Å²) in [5.74, 6) is -0.507. The Bertz CT molecular complexity index is 369. The fraction of sp³-hybridized carbons (Fsp3) is 0.857. The van der Waals surface area contributed by atoms with Crippen LogP contribution in [0.3, 0.4) is 0 Å². The van der Waals surface area contributed by atoms with E-state index in [1.165, 1.54) is 0 Å². The Hall–Kier alpha value is -1.34. The van der Waals surface area contributed by atoms with Crippen molar-refractivity contribution < 1.29 is 14.7 Å². The SMILES string of the molecule is CN1CCN(CC2CCCN(C(=O)NCC(=O)O)C2)CC1. The number of likely N-dealkylation sites (tertiary alicyclic amines) is 1. The van der Waals surface area contributed by atoms with Crippen LogP contribution in [0.15, 0.2) is 0 Å². The van der Waals surface area contributed by atoms with Gasteiger partial charge in [-0.15, -0.1) is 0 Å². The standard InChI is InChI=1S/C14H26N4O3/c1-16-5-7-17(8-6-16)10-12-3-2-4-18(11-12)14(21)15-9-13(19)20/h12H,2-11H2,1H3,(H,15,21)(H,19,20). The van der Waals surface area contributed by atoms with Gasteiger partial charge in [-0.3, -0.25) is 4.79 Å². The molecule has 2 N–H and O–H groups in total. The molecule has 1 unspecified atom stereocenters. The second-order valence-corrected chi connectivity index (χ2v) is 6.11. The van der Waals surface area contributed by atoms with Crippen molar-refractivity contribution in [3.8, 4) is 0 Å². The summed E-state index contributed by atoms with van der Waals surface area (Å²) < 4.78 is 0. The van der Waals surface area contributed by atoms with E-state index >= 15 is 0 Å². The first kappa shape index (κ1) is 16.0. The largest absolute Gasteiger partial charge is 0.480 e. The highest BCUT2D eigenvalue weighted by molar-refractivity contribution is 5.80. The molecule has 2 amide bonds. The number of piperazine rings is 1. The van der Waals surface area contributed by atoms with E-state index in [-0.39, 0.29) is 12.6 Å². The number of carboxylic acids is 1. The van der Waals surface area contributed by atoms with E-state index < -0.39 is 5.97 Å². The predicted octanol–water partition coefficient (Wildman–Crippen LogP) is -0.260. The summed E-state index contributed by atoms with van der Waals surface area (Å²) in [6.07, 6.45) is 2.15. The third kappa shape index (κ3) is 5.17. The van der Waals surface area contributed by atoms with Gasteiger partial charge in [-0.1, -0.05) is 0 Å². The lowest BCUT2D eigenvalue weighted by molar-refractivity contribution is -0.135. The van der Waals surface area contributed by atoms with Crippen molar-refractivity contribution in [1.82, 2.24) is 20.0 Å². The lowest BCUT2D eigenvalue weighted by Crippen LogP contribution is -2.51. The van der Waals surface area contributed by atoms with Gasteiger partial charge in [-0.05, 0) is 25.8 Å². The molecule has 2 fully saturated rings. The van der Waals surface area contributed by atoms with E-state index in [9.17, 15) is 9.59 Å². The first-order chi connectivity index (χ1) is 10.0. The minimum Gasteiger partial charge on any atom is -0.480 e. The summed E-state index contributed by atoms with van der Waals surface area (Å²) in [5.41, 5.74) is 0. The van der Waals surface area contributed by atoms with Gasteiger partial charge in [-0.2, -0.15) is 0 Å². The van der Waals surface area contributed by atoms with Crippen LogP contribution >= 0.6 is 0 Å². The summed E-state index contributed by atoms with van der Waals surface area (Å²) in [6.45, 7) is 6.60. The molecule has 120 valence electrons. The maximum Gasteiger partial charge on any atom is 0.323 e. The van der Waals surface area contributed by atoms with Crippen molar-refractivity contribution in [2.24, 2.45) is 5.92 Å². The number of urea groups is 1. The molecule has 0 aliphatic carbocycles. The third-order valence-corrected chi connectivity index (χ3v) is 4.31. The van der Waals surface area contributed by atoms with Gasteiger partial charge in [0.05, 0.1) is 0 Å². The number of rotatable bonds is 4. The molecule has 2 heterocycles. The van der Waals surface area contributed by atoms with Gasteiger partial charge in [0.1, 0.15) is 6.54 Å². The number of carbonyl (C=O) groups excluding carboxylic acids is 1. The Balaban J connectivity index is 1.75. The molecular weight excluding hydrogens is 272 g/mol. The molecule has 21 heavy (non-hydrogen) atoms. The lowest BCUT2D eigenvalue weighted by Gasteiger charge is -2.38. The molecule has 2 saturated heterocycles. The quantitative estimate of drug-likeness (QED) is 0.748. The fourth-order valence-corrected chi connectivity index (χ4v) is 3.06. The molecule has 0 aromatic rings. The molecule has 1 atom stereocenters. The summed E-state index contributed by atoms with van der Waals surface area (Å²) in [4.78, 5) is 29.0. The maximum atomic E-state index is 11.9. The van der Waals surface area contributed by atoms with E-state index in [2.05, 4.69) is 22.2 Å². The smallest absolute Gasteiger partial charge is 0.323 e. The van der Waals surface area contributed by atoms with Gasteiger partial charge in [0, 0.05) is 45.8 Å². The van der Waals surface area contributed by atoms with Crippen LogP contribution < -0.4 is 5.32 Å². The van der Waals surface area contributed by atoms with Crippen LogP contribution in [-0.2, 0) is 4.79 Å². The molecule has 0 aromatic heterocycles.